The quantitative estimate of drug-likeness (QED) is 0.773. The summed E-state index contributed by atoms with van der Waals surface area (Å²) in [7, 11) is 0. The van der Waals surface area contributed by atoms with Gasteiger partial charge in [0.15, 0.2) is 0 Å². The van der Waals surface area contributed by atoms with E-state index in [0.29, 0.717) is 29.1 Å². The fourth-order valence-electron chi connectivity index (χ4n) is 2.22. The fourth-order valence-corrected chi connectivity index (χ4v) is 2.81. The van der Waals surface area contributed by atoms with Crippen LogP contribution in [0.15, 0.2) is 12.1 Å². The Morgan fingerprint density at radius 2 is 2.25 bits per heavy atom. The highest BCUT2D eigenvalue weighted by molar-refractivity contribution is 6.35. The van der Waals surface area contributed by atoms with Crippen molar-refractivity contribution in [2.75, 3.05) is 26.4 Å². The zero-order valence-electron chi connectivity index (χ0n) is 11.8. The Balaban J connectivity index is 2.03. The Labute approximate surface area is 130 Å². The summed E-state index contributed by atoms with van der Waals surface area (Å²) in [5.41, 5.74) is 1.01. The predicted octanol–water partition coefficient (Wildman–Crippen LogP) is 3.91. The van der Waals surface area contributed by atoms with Gasteiger partial charge in [0, 0.05) is 29.7 Å². The molecule has 0 radical (unpaired) electrons. The van der Waals surface area contributed by atoms with E-state index in [0.717, 1.165) is 43.9 Å². The van der Waals surface area contributed by atoms with Crippen LogP contribution in [0.5, 0.6) is 5.75 Å². The molecule has 0 aliphatic carbocycles. The molecule has 5 heteroatoms. The summed E-state index contributed by atoms with van der Waals surface area (Å²) in [6, 6.07) is 3.64. The van der Waals surface area contributed by atoms with E-state index >= 15 is 0 Å². The minimum atomic E-state index is 0.457. The van der Waals surface area contributed by atoms with Gasteiger partial charge in [-0.3, -0.25) is 0 Å². The SMILES string of the molecule is CCCNCc1cc(Cl)cc(Cl)c1OCC1CCOC1. The van der Waals surface area contributed by atoms with Crippen LogP contribution in [-0.4, -0.2) is 26.4 Å². The highest BCUT2D eigenvalue weighted by atomic mass is 35.5. The lowest BCUT2D eigenvalue weighted by molar-refractivity contribution is 0.166. The van der Waals surface area contributed by atoms with Gasteiger partial charge >= 0.3 is 0 Å². The van der Waals surface area contributed by atoms with Crippen LogP contribution in [0.25, 0.3) is 0 Å². The van der Waals surface area contributed by atoms with Crippen LogP contribution in [0, 0.1) is 5.92 Å². The van der Waals surface area contributed by atoms with Crippen LogP contribution in [0.1, 0.15) is 25.3 Å². The van der Waals surface area contributed by atoms with Crippen molar-refractivity contribution in [3.8, 4) is 5.75 Å². The van der Waals surface area contributed by atoms with Crippen LogP contribution in [0.4, 0.5) is 0 Å². The van der Waals surface area contributed by atoms with Crippen LogP contribution in [-0.2, 0) is 11.3 Å². The average Bonchev–Trinajstić information content (AvgIpc) is 2.91. The van der Waals surface area contributed by atoms with E-state index in [9.17, 15) is 0 Å². The highest BCUT2D eigenvalue weighted by Crippen LogP contribution is 2.33. The van der Waals surface area contributed by atoms with Gasteiger partial charge in [0.05, 0.1) is 18.2 Å². The molecule has 0 spiro atoms. The van der Waals surface area contributed by atoms with Gasteiger partial charge in [0.25, 0.3) is 0 Å². The molecule has 1 N–H and O–H groups in total. The summed E-state index contributed by atoms with van der Waals surface area (Å²) >= 11 is 12.3. The third-order valence-electron chi connectivity index (χ3n) is 3.31. The van der Waals surface area contributed by atoms with Crippen molar-refractivity contribution < 1.29 is 9.47 Å². The second kappa shape index (κ2) is 8.08. The normalized spacial score (nSPS) is 18.4. The van der Waals surface area contributed by atoms with E-state index in [2.05, 4.69) is 12.2 Å². The van der Waals surface area contributed by atoms with Crippen molar-refractivity contribution in [3.05, 3.63) is 27.7 Å². The van der Waals surface area contributed by atoms with Crippen LogP contribution in [0.2, 0.25) is 10.0 Å². The van der Waals surface area contributed by atoms with Gasteiger partial charge in [-0.2, -0.15) is 0 Å². The van der Waals surface area contributed by atoms with Crippen molar-refractivity contribution in [2.45, 2.75) is 26.3 Å². The molecule has 2 rings (SSSR count). The monoisotopic (exact) mass is 317 g/mol. The standard InChI is InChI=1S/C15H21Cl2NO2/c1-2-4-18-8-12-6-13(16)7-14(17)15(12)20-10-11-3-5-19-9-11/h6-7,11,18H,2-5,8-10H2,1H3. The van der Waals surface area contributed by atoms with Gasteiger partial charge in [0.2, 0.25) is 0 Å². The lowest BCUT2D eigenvalue weighted by Gasteiger charge is -2.16. The van der Waals surface area contributed by atoms with Crippen molar-refractivity contribution in [3.63, 3.8) is 0 Å². The van der Waals surface area contributed by atoms with Gasteiger partial charge in [-0.05, 0) is 31.5 Å². The molecule has 20 heavy (non-hydrogen) atoms. The molecule has 1 atom stereocenters. The molecule has 1 aromatic rings. The largest absolute Gasteiger partial charge is 0.491 e. The molecule has 1 unspecified atom stereocenters. The van der Waals surface area contributed by atoms with Gasteiger partial charge in [-0.15, -0.1) is 0 Å². The van der Waals surface area contributed by atoms with Crippen molar-refractivity contribution >= 4 is 23.2 Å². The molecule has 0 saturated carbocycles. The Morgan fingerprint density at radius 3 is 2.95 bits per heavy atom. The zero-order valence-corrected chi connectivity index (χ0v) is 13.3. The van der Waals surface area contributed by atoms with Gasteiger partial charge in [-0.1, -0.05) is 30.1 Å². The third-order valence-corrected chi connectivity index (χ3v) is 3.81. The predicted molar refractivity (Wildman–Crippen MR) is 82.9 cm³/mol. The van der Waals surface area contributed by atoms with E-state index < -0.39 is 0 Å². The van der Waals surface area contributed by atoms with Crippen LogP contribution >= 0.6 is 23.2 Å². The Bertz CT molecular complexity index is 434. The number of ether oxygens (including phenoxy) is 2. The number of hydrogen-bond donors (Lipinski definition) is 1. The maximum Gasteiger partial charge on any atom is 0.142 e. The minimum Gasteiger partial charge on any atom is -0.491 e. The fraction of sp³-hybridized carbons (Fsp3) is 0.600. The molecule has 1 aliphatic rings. The van der Waals surface area contributed by atoms with E-state index in [1.807, 2.05) is 6.07 Å². The molecule has 0 bridgehead atoms. The zero-order chi connectivity index (χ0) is 14.4. The Kier molecular flexibility index (Phi) is 6.43. The Morgan fingerprint density at radius 1 is 1.40 bits per heavy atom. The number of nitrogens with one attached hydrogen (secondary N) is 1. The summed E-state index contributed by atoms with van der Waals surface area (Å²) < 4.78 is 11.3. The maximum absolute atomic E-state index is 6.26. The maximum atomic E-state index is 6.26. The lowest BCUT2D eigenvalue weighted by atomic mass is 10.1. The van der Waals surface area contributed by atoms with Gasteiger partial charge < -0.3 is 14.8 Å². The summed E-state index contributed by atoms with van der Waals surface area (Å²) in [4.78, 5) is 0. The topological polar surface area (TPSA) is 30.5 Å². The minimum absolute atomic E-state index is 0.457. The smallest absolute Gasteiger partial charge is 0.142 e. The third kappa shape index (κ3) is 4.52. The summed E-state index contributed by atoms with van der Waals surface area (Å²) in [6.07, 6.45) is 2.14. The molecular formula is C15H21Cl2NO2. The van der Waals surface area contributed by atoms with Crippen LogP contribution in [0.3, 0.4) is 0 Å². The molecule has 1 heterocycles. The molecular weight excluding hydrogens is 297 g/mol. The number of benzene rings is 1. The van der Waals surface area contributed by atoms with Gasteiger partial charge in [0.1, 0.15) is 5.75 Å². The lowest BCUT2D eigenvalue weighted by Crippen LogP contribution is -2.17. The van der Waals surface area contributed by atoms with Crippen molar-refractivity contribution in [2.24, 2.45) is 5.92 Å². The number of halogens is 2. The number of hydrogen-bond acceptors (Lipinski definition) is 3. The highest BCUT2D eigenvalue weighted by Gasteiger charge is 2.18. The van der Waals surface area contributed by atoms with E-state index in [-0.39, 0.29) is 0 Å². The molecule has 1 saturated heterocycles. The van der Waals surface area contributed by atoms with E-state index in [1.54, 1.807) is 6.07 Å². The molecule has 112 valence electrons. The second-order valence-electron chi connectivity index (χ2n) is 5.09. The first-order valence-electron chi connectivity index (χ1n) is 7.10. The van der Waals surface area contributed by atoms with Crippen molar-refractivity contribution in [1.82, 2.24) is 5.32 Å². The first kappa shape index (κ1) is 15.9. The van der Waals surface area contributed by atoms with E-state index in [1.165, 1.54) is 0 Å². The molecule has 1 aliphatic heterocycles. The summed E-state index contributed by atoms with van der Waals surface area (Å²) in [5, 5.41) is 4.56. The van der Waals surface area contributed by atoms with Crippen LogP contribution < -0.4 is 10.1 Å². The second-order valence-corrected chi connectivity index (χ2v) is 5.94. The summed E-state index contributed by atoms with van der Waals surface area (Å²) in [6.45, 7) is 6.05. The first-order chi connectivity index (χ1) is 9.70. The molecule has 0 aromatic heterocycles. The molecule has 3 nitrogen and oxygen atoms in total. The Hall–Kier alpha value is -0.480. The molecule has 0 amide bonds. The number of rotatable bonds is 7. The van der Waals surface area contributed by atoms with E-state index in [4.69, 9.17) is 32.7 Å². The van der Waals surface area contributed by atoms with Gasteiger partial charge in [-0.25, -0.2) is 0 Å². The van der Waals surface area contributed by atoms with Crippen molar-refractivity contribution in [1.29, 1.82) is 0 Å². The molecule has 1 aromatic carbocycles. The average molecular weight is 318 g/mol. The molecule has 1 fully saturated rings. The summed E-state index contributed by atoms with van der Waals surface area (Å²) in [5.74, 6) is 1.20. The first-order valence-corrected chi connectivity index (χ1v) is 7.85.